The van der Waals surface area contributed by atoms with E-state index in [1.807, 2.05) is 23.1 Å². The third kappa shape index (κ3) is 3.40. The third-order valence-corrected chi connectivity index (χ3v) is 5.06. The molecule has 112 valence electrons. The summed E-state index contributed by atoms with van der Waals surface area (Å²) < 4.78 is 0. The van der Waals surface area contributed by atoms with Crippen molar-refractivity contribution >= 4 is 29.3 Å². The molecular weight excluding hydrogens is 284 g/mol. The molecule has 21 heavy (non-hydrogen) atoms. The number of rotatable bonds is 1. The summed E-state index contributed by atoms with van der Waals surface area (Å²) in [6.45, 7) is 1.72. The zero-order valence-corrected chi connectivity index (χ0v) is 12.9. The summed E-state index contributed by atoms with van der Waals surface area (Å²) in [7, 11) is 0. The maximum Gasteiger partial charge on any atom is 0.253 e. The quantitative estimate of drug-likeness (QED) is 0.867. The van der Waals surface area contributed by atoms with Crippen LogP contribution < -0.4 is 5.32 Å². The molecule has 2 aliphatic rings. The Kier molecular flexibility index (Phi) is 4.48. The van der Waals surface area contributed by atoms with E-state index in [-0.39, 0.29) is 11.8 Å². The fraction of sp³-hybridized carbons (Fsp3) is 0.500. The Morgan fingerprint density at radius 1 is 1.10 bits per heavy atom. The Labute approximate surface area is 129 Å². The van der Waals surface area contributed by atoms with Crippen molar-refractivity contribution < 1.29 is 9.59 Å². The molecule has 0 radical (unpaired) electrons. The molecular formula is C16H20N2O2S. The standard InChI is InChI=1S/C16H20N2O2S/c19-15-11-21-14-10-12(6-7-13(14)17-15)16(20)18-8-4-2-1-3-5-9-18/h6-7,10H,1-5,8-9,11H2,(H,17,19). The van der Waals surface area contributed by atoms with Crippen LogP contribution >= 0.6 is 11.8 Å². The average molecular weight is 304 g/mol. The molecule has 1 saturated heterocycles. The van der Waals surface area contributed by atoms with Gasteiger partial charge in [0.2, 0.25) is 5.91 Å². The van der Waals surface area contributed by atoms with Gasteiger partial charge in [-0.2, -0.15) is 0 Å². The minimum absolute atomic E-state index is 0.0235. The molecule has 0 atom stereocenters. The van der Waals surface area contributed by atoms with Crippen LogP contribution in [-0.4, -0.2) is 35.6 Å². The zero-order valence-electron chi connectivity index (χ0n) is 12.1. The van der Waals surface area contributed by atoms with Crippen molar-refractivity contribution in [2.45, 2.75) is 37.0 Å². The summed E-state index contributed by atoms with van der Waals surface area (Å²) in [6.07, 6.45) is 5.92. The van der Waals surface area contributed by atoms with E-state index >= 15 is 0 Å². The van der Waals surface area contributed by atoms with E-state index in [0.29, 0.717) is 5.75 Å². The van der Waals surface area contributed by atoms with Gasteiger partial charge in [-0.1, -0.05) is 19.3 Å². The lowest BCUT2D eigenvalue weighted by atomic mass is 10.1. The number of carbonyl (C=O) groups is 2. The number of anilines is 1. The predicted octanol–water partition coefficient (Wildman–Crippen LogP) is 3.14. The van der Waals surface area contributed by atoms with Crippen LogP contribution in [0.15, 0.2) is 23.1 Å². The monoisotopic (exact) mass is 304 g/mol. The van der Waals surface area contributed by atoms with E-state index in [1.165, 1.54) is 31.0 Å². The second-order valence-electron chi connectivity index (χ2n) is 5.61. The van der Waals surface area contributed by atoms with E-state index in [9.17, 15) is 9.59 Å². The normalized spacial score (nSPS) is 19.2. The third-order valence-electron chi connectivity index (χ3n) is 4.00. The summed E-state index contributed by atoms with van der Waals surface area (Å²) in [6, 6.07) is 5.59. The van der Waals surface area contributed by atoms with Gasteiger partial charge in [0.25, 0.3) is 5.91 Å². The smallest absolute Gasteiger partial charge is 0.253 e. The van der Waals surface area contributed by atoms with Gasteiger partial charge in [-0.05, 0) is 31.0 Å². The highest BCUT2D eigenvalue weighted by atomic mass is 32.2. The van der Waals surface area contributed by atoms with Crippen LogP contribution in [0.3, 0.4) is 0 Å². The van der Waals surface area contributed by atoms with E-state index in [2.05, 4.69) is 5.32 Å². The van der Waals surface area contributed by atoms with Gasteiger partial charge >= 0.3 is 0 Å². The van der Waals surface area contributed by atoms with Crippen LogP contribution in [0.1, 0.15) is 42.5 Å². The van der Waals surface area contributed by atoms with Crippen molar-refractivity contribution in [1.29, 1.82) is 0 Å². The first-order valence-electron chi connectivity index (χ1n) is 7.60. The maximum absolute atomic E-state index is 12.6. The van der Waals surface area contributed by atoms with Crippen molar-refractivity contribution in [3.63, 3.8) is 0 Å². The molecule has 0 saturated carbocycles. The molecule has 0 bridgehead atoms. The molecule has 0 spiro atoms. The number of carbonyl (C=O) groups excluding carboxylic acids is 2. The minimum atomic E-state index is 0.0235. The Hall–Kier alpha value is -1.49. The van der Waals surface area contributed by atoms with Crippen LogP contribution in [0.4, 0.5) is 5.69 Å². The first kappa shape index (κ1) is 14.4. The fourth-order valence-corrected chi connectivity index (χ4v) is 3.68. The molecule has 3 rings (SSSR count). The number of hydrogen-bond donors (Lipinski definition) is 1. The van der Waals surface area contributed by atoms with Crippen molar-refractivity contribution in [3.05, 3.63) is 23.8 Å². The lowest BCUT2D eigenvalue weighted by Gasteiger charge is -2.25. The second kappa shape index (κ2) is 6.52. The summed E-state index contributed by atoms with van der Waals surface area (Å²) >= 11 is 1.50. The Bertz CT molecular complexity index is 551. The van der Waals surface area contributed by atoms with Crippen molar-refractivity contribution in [2.75, 3.05) is 24.2 Å². The molecule has 4 nitrogen and oxygen atoms in total. The van der Waals surface area contributed by atoms with Gasteiger partial charge < -0.3 is 10.2 Å². The topological polar surface area (TPSA) is 49.4 Å². The molecule has 1 aromatic carbocycles. The number of fused-ring (bicyclic) bond motifs is 1. The van der Waals surface area contributed by atoms with E-state index < -0.39 is 0 Å². The highest BCUT2D eigenvalue weighted by Crippen LogP contribution is 2.32. The first-order chi connectivity index (χ1) is 10.2. The number of thioether (sulfide) groups is 1. The SMILES string of the molecule is O=C1CSc2cc(C(=O)N3CCCCCCC3)ccc2N1. The lowest BCUT2D eigenvalue weighted by Crippen LogP contribution is -2.33. The average Bonchev–Trinajstić information content (AvgIpc) is 2.46. The van der Waals surface area contributed by atoms with Gasteiger partial charge in [-0.15, -0.1) is 11.8 Å². The second-order valence-corrected chi connectivity index (χ2v) is 6.62. The Morgan fingerprint density at radius 3 is 2.57 bits per heavy atom. The number of nitrogens with zero attached hydrogens (tertiary/aromatic N) is 1. The van der Waals surface area contributed by atoms with Gasteiger partial charge in [0, 0.05) is 23.5 Å². The molecule has 2 aliphatic heterocycles. The number of hydrogen-bond acceptors (Lipinski definition) is 3. The van der Waals surface area contributed by atoms with Gasteiger partial charge in [-0.3, -0.25) is 9.59 Å². The van der Waals surface area contributed by atoms with Crippen LogP contribution in [-0.2, 0) is 4.79 Å². The van der Waals surface area contributed by atoms with E-state index in [1.54, 1.807) is 0 Å². The number of benzene rings is 1. The van der Waals surface area contributed by atoms with Crippen molar-refractivity contribution in [3.8, 4) is 0 Å². The van der Waals surface area contributed by atoms with Gasteiger partial charge in [0.15, 0.2) is 0 Å². The fourth-order valence-electron chi connectivity index (χ4n) is 2.84. The number of amides is 2. The molecule has 0 aromatic heterocycles. The molecule has 0 unspecified atom stereocenters. The molecule has 2 amide bonds. The molecule has 5 heteroatoms. The molecule has 2 heterocycles. The summed E-state index contributed by atoms with van der Waals surface area (Å²) in [4.78, 5) is 27.0. The molecule has 1 N–H and O–H groups in total. The van der Waals surface area contributed by atoms with Gasteiger partial charge in [-0.25, -0.2) is 0 Å². The Balaban J connectivity index is 1.76. The number of nitrogens with one attached hydrogen (secondary N) is 1. The molecule has 1 fully saturated rings. The van der Waals surface area contributed by atoms with Gasteiger partial charge in [0.05, 0.1) is 11.4 Å². The summed E-state index contributed by atoms with van der Waals surface area (Å²) in [5.41, 5.74) is 1.55. The van der Waals surface area contributed by atoms with E-state index in [4.69, 9.17) is 0 Å². The van der Waals surface area contributed by atoms with Crippen LogP contribution in [0.25, 0.3) is 0 Å². The number of likely N-dealkylation sites (tertiary alicyclic amines) is 1. The highest BCUT2D eigenvalue weighted by molar-refractivity contribution is 8.00. The van der Waals surface area contributed by atoms with Crippen molar-refractivity contribution in [2.24, 2.45) is 0 Å². The largest absolute Gasteiger partial charge is 0.339 e. The van der Waals surface area contributed by atoms with Crippen LogP contribution in [0, 0.1) is 0 Å². The van der Waals surface area contributed by atoms with Crippen molar-refractivity contribution in [1.82, 2.24) is 4.90 Å². The Morgan fingerprint density at radius 2 is 1.81 bits per heavy atom. The van der Waals surface area contributed by atoms with Crippen LogP contribution in [0.5, 0.6) is 0 Å². The minimum Gasteiger partial charge on any atom is -0.339 e. The van der Waals surface area contributed by atoms with Crippen LogP contribution in [0.2, 0.25) is 0 Å². The first-order valence-corrected chi connectivity index (χ1v) is 8.58. The van der Waals surface area contributed by atoms with Gasteiger partial charge in [0.1, 0.15) is 0 Å². The maximum atomic E-state index is 12.6. The summed E-state index contributed by atoms with van der Waals surface area (Å²) in [5, 5.41) is 2.84. The molecule has 1 aromatic rings. The highest BCUT2D eigenvalue weighted by Gasteiger charge is 2.20. The lowest BCUT2D eigenvalue weighted by molar-refractivity contribution is -0.113. The molecule has 0 aliphatic carbocycles. The van der Waals surface area contributed by atoms with E-state index in [0.717, 1.165) is 42.1 Å². The zero-order chi connectivity index (χ0) is 14.7. The summed E-state index contributed by atoms with van der Waals surface area (Å²) in [5.74, 6) is 0.571. The predicted molar refractivity (Wildman–Crippen MR) is 84.8 cm³/mol.